The Kier molecular flexibility index (Phi) is 6.69. The van der Waals surface area contributed by atoms with Crippen molar-refractivity contribution in [3.8, 4) is 26.8 Å². The molecule has 148 valence electrons. The third-order valence-electron chi connectivity index (χ3n) is 4.41. The SMILES string of the molecule is [C-]#[N+]c1cc(-c2ncc(-c3cccc(/C=C/OC)c3CC)s2)ccc1OC(C)C. The largest absolute Gasteiger partial charge is 0.504 e. The summed E-state index contributed by atoms with van der Waals surface area (Å²) in [6.45, 7) is 13.5. The molecule has 3 aromatic rings. The molecule has 2 aromatic carbocycles. The van der Waals surface area contributed by atoms with Crippen molar-refractivity contribution in [2.24, 2.45) is 0 Å². The van der Waals surface area contributed by atoms with Crippen LogP contribution < -0.4 is 4.74 Å². The quantitative estimate of drug-likeness (QED) is 0.314. The zero-order valence-corrected chi connectivity index (χ0v) is 17.9. The van der Waals surface area contributed by atoms with Gasteiger partial charge in [-0.25, -0.2) is 9.83 Å². The highest BCUT2D eigenvalue weighted by atomic mass is 32.1. The van der Waals surface area contributed by atoms with Crippen molar-refractivity contribution >= 4 is 23.1 Å². The van der Waals surface area contributed by atoms with Crippen molar-refractivity contribution in [2.75, 3.05) is 7.11 Å². The summed E-state index contributed by atoms with van der Waals surface area (Å²) in [7, 11) is 1.65. The Labute approximate surface area is 176 Å². The molecule has 0 saturated heterocycles. The number of aromatic nitrogens is 1. The summed E-state index contributed by atoms with van der Waals surface area (Å²) in [5.74, 6) is 0.612. The molecule has 0 unspecified atom stereocenters. The van der Waals surface area contributed by atoms with Crippen LogP contribution in [0.4, 0.5) is 5.69 Å². The van der Waals surface area contributed by atoms with Crippen LogP contribution >= 0.6 is 11.3 Å². The van der Waals surface area contributed by atoms with Gasteiger partial charge in [0.05, 0.1) is 30.9 Å². The molecule has 3 rings (SSSR count). The van der Waals surface area contributed by atoms with E-state index in [0.717, 1.165) is 27.4 Å². The number of ether oxygens (including phenoxy) is 2. The summed E-state index contributed by atoms with van der Waals surface area (Å²) in [5, 5.41) is 0.890. The second-order valence-electron chi connectivity index (χ2n) is 6.76. The van der Waals surface area contributed by atoms with Crippen LogP contribution in [-0.2, 0) is 11.2 Å². The van der Waals surface area contributed by atoms with Crippen molar-refractivity contribution in [1.29, 1.82) is 0 Å². The molecule has 4 nitrogen and oxygen atoms in total. The molecule has 0 aliphatic carbocycles. The minimum absolute atomic E-state index is 0.0275. The lowest BCUT2D eigenvalue weighted by molar-refractivity contribution is 0.244. The highest BCUT2D eigenvalue weighted by Gasteiger charge is 2.14. The summed E-state index contributed by atoms with van der Waals surface area (Å²) in [5.41, 5.74) is 5.02. The normalized spacial score (nSPS) is 11.0. The van der Waals surface area contributed by atoms with Gasteiger partial charge in [0.1, 0.15) is 10.8 Å². The summed E-state index contributed by atoms with van der Waals surface area (Å²) in [6, 6.07) is 12.0. The Hall–Kier alpha value is -3.10. The zero-order valence-electron chi connectivity index (χ0n) is 17.1. The molecular formula is C24H24N2O2S. The van der Waals surface area contributed by atoms with Gasteiger partial charge < -0.3 is 9.47 Å². The van der Waals surface area contributed by atoms with E-state index in [2.05, 4.69) is 35.0 Å². The van der Waals surface area contributed by atoms with E-state index < -0.39 is 0 Å². The van der Waals surface area contributed by atoms with E-state index in [4.69, 9.17) is 16.0 Å². The van der Waals surface area contributed by atoms with Crippen LogP contribution in [0.15, 0.2) is 48.9 Å². The Morgan fingerprint density at radius 3 is 2.76 bits per heavy atom. The van der Waals surface area contributed by atoms with Crippen molar-refractivity contribution in [2.45, 2.75) is 33.3 Å². The predicted octanol–water partition coefficient (Wildman–Crippen LogP) is 6.99. The van der Waals surface area contributed by atoms with Gasteiger partial charge in [0.25, 0.3) is 0 Å². The van der Waals surface area contributed by atoms with Gasteiger partial charge >= 0.3 is 0 Å². The number of thiazole rings is 1. The summed E-state index contributed by atoms with van der Waals surface area (Å²) < 4.78 is 10.8. The maximum atomic E-state index is 7.47. The number of hydrogen-bond donors (Lipinski definition) is 0. The first-order valence-corrected chi connectivity index (χ1v) is 10.3. The van der Waals surface area contributed by atoms with E-state index in [1.807, 2.05) is 44.3 Å². The fourth-order valence-electron chi connectivity index (χ4n) is 3.15. The highest BCUT2D eigenvalue weighted by Crippen LogP contribution is 2.38. The monoisotopic (exact) mass is 404 g/mol. The Bertz CT molecular complexity index is 1060. The molecule has 29 heavy (non-hydrogen) atoms. The number of methoxy groups -OCH3 is 1. The second kappa shape index (κ2) is 9.40. The first kappa shape index (κ1) is 20.6. The van der Waals surface area contributed by atoms with Crippen LogP contribution in [0, 0.1) is 6.57 Å². The Morgan fingerprint density at radius 1 is 1.24 bits per heavy atom. The lowest BCUT2D eigenvalue weighted by Crippen LogP contribution is -2.05. The second-order valence-corrected chi connectivity index (χ2v) is 7.79. The Balaban J connectivity index is 1.98. The van der Waals surface area contributed by atoms with Gasteiger partial charge in [0.2, 0.25) is 5.69 Å². The Morgan fingerprint density at radius 2 is 2.07 bits per heavy atom. The fourth-order valence-corrected chi connectivity index (χ4v) is 4.12. The molecule has 0 amide bonds. The van der Waals surface area contributed by atoms with E-state index in [1.165, 1.54) is 11.1 Å². The minimum Gasteiger partial charge on any atom is -0.504 e. The smallest absolute Gasteiger partial charge is 0.228 e. The molecule has 0 bridgehead atoms. The molecule has 0 saturated carbocycles. The summed E-state index contributed by atoms with van der Waals surface area (Å²) in [4.78, 5) is 9.36. The van der Waals surface area contributed by atoms with Gasteiger partial charge in [0.15, 0.2) is 0 Å². The molecule has 0 aliphatic heterocycles. The molecule has 5 heteroatoms. The summed E-state index contributed by atoms with van der Waals surface area (Å²) >= 11 is 1.63. The molecule has 0 spiro atoms. The summed E-state index contributed by atoms with van der Waals surface area (Å²) in [6.07, 6.45) is 6.53. The van der Waals surface area contributed by atoms with E-state index in [-0.39, 0.29) is 6.10 Å². The maximum absolute atomic E-state index is 7.47. The van der Waals surface area contributed by atoms with E-state index in [9.17, 15) is 0 Å². The number of benzene rings is 2. The number of nitrogens with zero attached hydrogens (tertiary/aromatic N) is 2. The standard InChI is InChI=1S/C24H24N2O2S/c1-6-19-17(12-13-27-5)8-7-9-20(19)23-15-26-24(29-23)18-10-11-22(28-16(2)3)21(14-18)25-4/h7-16H,6H2,1-3,5H3/b13-12+. The first-order chi connectivity index (χ1) is 14.1. The molecular weight excluding hydrogens is 380 g/mol. The van der Waals surface area contributed by atoms with Gasteiger partial charge in [-0.3, -0.25) is 0 Å². The van der Waals surface area contributed by atoms with Gasteiger partial charge in [-0.15, -0.1) is 11.3 Å². The molecule has 1 heterocycles. The zero-order chi connectivity index (χ0) is 20.8. The van der Waals surface area contributed by atoms with E-state index in [1.54, 1.807) is 24.7 Å². The molecule has 0 aliphatic rings. The number of rotatable bonds is 7. The lowest BCUT2D eigenvalue weighted by atomic mass is 9.98. The van der Waals surface area contributed by atoms with Gasteiger partial charge in [-0.1, -0.05) is 31.2 Å². The van der Waals surface area contributed by atoms with Crippen molar-refractivity contribution in [1.82, 2.24) is 4.98 Å². The van der Waals surface area contributed by atoms with Crippen LogP contribution in [-0.4, -0.2) is 18.2 Å². The number of hydrogen-bond acceptors (Lipinski definition) is 4. The minimum atomic E-state index is 0.0275. The molecule has 0 atom stereocenters. The van der Waals surface area contributed by atoms with Crippen LogP contribution in [0.3, 0.4) is 0 Å². The van der Waals surface area contributed by atoms with E-state index in [0.29, 0.717) is 11.4 Å². The third-order valence-corrected chi connectivity index (χ3v) is 5.49. The molecule has 0 radical (unpaired) electrons. The van der Waals surface area contributed by atoms with Gasteiger partial charge in [-0.2, -0.15) is 0 Å². The molecule has 0 N–H and O–H groups in total. The third kappa shape index (κ3) is 4.67. The molecule has 1 aromatic heterocycles. The van der Waals surface area contributed by atoms with Gasteiger partial charge in [0, 0.05) is 11.8 Å². The topological polar surface area (TPSA) is 35.7 Å². The lowest BCUT2D eigenvalue weighted by Gasteiger charge is -2.12. The van der Waals surface area contributed by atoms with Crippen LogP contribution in [0.25, 0.3) is 31.9 Å². The average Bonchev–Trinajstić information content (AvgIpc) is 3.21. The van der Waals surface area contributed by atoms with Gasteiger partial charge in [-0.05, 0) is 55.2 Å². The van der Waals surface area contributed by atoms with Crippen molar-refractivity contribution in [3.05, 3.63) is 71.4 Å². The molecule has 0 fully saturated rings. The maximum Gasteiger partial charge on any atom is 0.228 e. The highest BCUT2D eigenvalue weighted by molar-refractivity contribution is 7.18. The fraction of sp³-hybridized carbons (Fsp3) is 0.250. The van der Waals surface area contributed by atoms with E-state index >= 15 is 0 Å². The average molecular weight is 405 g/mol. The van der Waals surface area contributed by atoms with Crippen LogP contribution in [0.2, 0.25) is 0 Å². The van der Waals surface area contributed by atoms with Crippen LogP contribution in [0.1, 0.15) is 31.9 Å². The predicted molar refractivity (Wildman–Crippen MR) is 120 cm³/mol. The van der Waals surface area contributed by atoms with Crippen LogP contribution in [0.5, 0.6) is 5.75 Å². The first-order valence-electron chi connectivity index (χ1n) is 9.53. The van der Waals surface area contributed by atoms with Crippen molar-refractivity contribution in [3.63, 3.8) is 0 Å². The van der Waals surface area contributed by atoms with Crippen molar-refractivity contribution < 1.29 is 9.47 Å².